The molecule has 5 aliphatic rings. The Morgan fingerprint density at radius 1 is 0.338 bits per heavy atom. The molecule has 5 aliphatic heterocycles. The van der Waals surface area contributed by atoms with Gasteiger partial charge < -0.3 is 117 Å². The molecule has 10 aromatic rings. The minimum atomic E-state index is -2.17. The topological polar surface area (TPSA) is 542 Å². The number of ether oxygens (including phenoxy) is 15. The van der Waals surface area contributed by atoms with Gasteiger partial charge in [-0.2, -0.15) is 0 Å². The van der Waals surface area contributed by atoms with Crippen molar-refractivity contribution < 1.29 is 176 Å². The van der Waals surface area contributed by atoms with Crippen molar-refractivity contribution in [2.75, 3.05) is 39.6 Å². The Bertz CT molecular complexity index is 5710. The average molecular weight is 1950 g/mol. The van der Waals surface area contributed by atoms with Crippen molar-refractivity contribution in [3.05, 3.63) is 359 Å². The predicted molar refractivity (Wildman–Crippen MR) is 482 cm³/mol. The second-order valence-corrected chi connectivity index (χ2v) is 31.5. The summed E-state index contributed by atoms with van der Waals surface area (Å²) in [5.41, 5.74) is -4.98. The summed E-state index contributed by atoms with van der Waals surface area (Å²) in [6, 6.07) is 82.0. The van der Waals surface area contributed by atoms with Crippen LogP contribution in [0.15, 0.2) is 303 Å². The summed E-state index contributed by atoms with van der Waals surface area (Å²) < 4.78 is 90.6. The second kappa shape index (κ2) is 51.2. The summed E-state index contributed by atoms with van der Waals surface area (Å²) in [6.45, 7) is 2.49. The summed E-state index contributed by atoms with van der Waals surface area (Å²) in [5, 5.41) is 82.6. The first-order valence-electron chi connectivity index (χ1n) is 42.4. The van der Waals surface area contributed by atoms with Crippen LogP contribution in [0.4, 0.5) is 0 Å². The molecule has 9 N–H and O–H groups in total. The van der Waals surface area contributed by atoms with E-state index in [0.717, 1.165) is 6.92 Å². The van der Waals surface area contributed by atoms with Gasteiger partial charge in [-0.05, 0) is 149 Å². The van der Waals surface area contributed by atoms with E-state index >= 15 is 0 Å². The van der Waals surface area contributed by atoms with Crippen LogP contribution in [0.2, 0.25) is 0 Å². The number of aliphatic hydroxyl groups excluding tert-OH is 7. The number of benzene rings is 10. The van der Waals surface area contributed by atoms with Crippen LogP contribution in [0.1, 0.15) is 139 Å². The molecule has 38 heteroatoms. The van der Waals surface area contributed by atoms with Gasteiger partial charge in [0.05, 0.1) is 75.5 Å². The molecule has 5 heterocycles. The Balaban J connectivity index is 0.000000207. The fourth-order valence-corrected chi connectivity index (χ4v) is 13.9. The number of hydrogen-bond acceptors (Lipinski definition) is 37. The molecule has 0 aromatic heterocycles. The van der Waals surface area contributed by atoms with Gasteiger partial charge in [0.1, 0.15) is 56.4 Å². The maximum absolute atomic E-state index is 13.3. The Kier molecular flexibility index (Phi) is 40.2. The second-order valence-electron chi connectivity index (χ2n) is 31.5. The van der Waals surface area contributed by atoms with Crippen LogP contribution >= 0.6 is 0 Å². The van der Waals surface area contributed by atoms with Gasteiger partial charge in [0, 0.05) is 0 Å². The van der Waals surface area contributed by atoms with Crippen molar-refractivity contribution in [1.29, 1.82) is 0 Å². The zero-order valence-corrected chi connectivity index (χ0v) is 76.5. The molecule has 728 valence electrons. The summed E-state index contributed by atoms with van der Waals surface area (Å²) in [6.07, 6.45) is -17.5. The first kappa shape index (κ1) is 109. The number of carbonyl (C=O) groups is 12. The Hall–Kier alpha value is -13.6. The Morgan fingerprint density at radius 3 is 0.921 bits per heavy atom. The van der Waals surface area contributed by atoms with Gasteiger partial charge in [-0.25, -0.2) is 57.5 Å². The molecule has 0 amide bonds. The fourth-order valence-electron chi connectivity index (χ4n) is 13.9. The van der Waals surface area contributed by atoms with Crippen LogP contribution in [0.25, 0.3) is 0 Å². The summed E-state index contributed by atoms with van der Waals surface area (Å²) >= 11 is 0.125. The van der Waals surface area contributed by atoms with E-state index < -0.39 is 206 Å². The molecule has 10 aromatic carbocycles. The van der Waals surface area contributed by atoms with E-state index in [-0.39, 0.29) is 95.5 Å². The van der Waals surface area contributed by atoms with Crippen LogP contribution in [-0.2, 0) is 82.1 Å². The molecule has 0 aliphatic carbocycles. The molecule has 139 heavy (non-hydrogen) atoms. The van der Waals surface area contributed by atoms with Crippen molar-refractivity contribution in [2.24, 2.45) is 0 Å². The molecule has 0 spiro atoms. The first-order valence-corrected chi connectivity index (χ1v) is 43.3. The van der Waals surface area contributed by atoms with E-state index in [1.54, 1.807) is 279 Å². The normalized spacial score (nSPS) is 25.4. The van der Waals surface area contributed by atoms with Crippen molar-refractivity contribution in [1.82, 2.24) is 0 Å². The Labute approximate surface area is 819 Å². The number of cyclic esters (lactones) is 2. The number of rotatable bonds is 25. The van der Waals surface area contributed by atoms with Crippen molar-refractivity contribution in [3.63, 3.8) is 0 Å². The van der Waals surface area contributed by atoms with Gasteiger partial charge >= 0.3 is 109 Å². The molecule has 0 radical (unpaired) electrons. The molecule has 0 saturated carbocycles. The van der Waals surface area contributed by atoms with E-state index in [1.807, 2.05) is 0 Å². The van der Waals surface area contributed by atoms with Gasteiger partial charge in [0.15, 0.2) is 48.0 Å². The number of hydrogen-bond donors (Lipinski definition) is 9. The standard InChI is InChI=1S/C34H28O9.C27H24O8.C27H22O8.C6H12O6.C6H10O5.CH4.Ca.O/c1-34(43-32(38)26-20-12-5-13-21-26)28(41-30(36)24-16-8-3-9-17-24)27(22-39-29(35)23-14-6-2-7-15-23)40-33(34)42-31(37)25-18-10-4-11-19-25;2*1-27(35-25(30)20-15-9-4-10-16-20)22(34-24(29)19-13-7-3-8-14-19)21(33-26(27)31)17-32-23(28)18-11-5-2-6-12-18;7-2-6(11)5(10)4(9)3(8)1-12-6;1-6(10)4(8)3(2-7)11-5(6)9;;;/h2-21,27-28,33H,22H2,1H3;2-16,21-22,26,31H,17H2,1H3;2-16,21-22H,17H2,1H3;3-5,7-11H,1-2H2;3-4,7-8,10H,2H2,1H3;1H4;;/t27-,28-,33?,34-;21-,22-,26?,27-;21-,22-,27-;3-,4-,5+,6?;3-,4-,6-;;;/m11111.../s1. The van der Waals surface area contributed by atoms with Gasteiger partial charge in [-0.1, -0.05) is 189 Å². The molecule has 3 unspecified atom stereocenters. The van der Waals surface area contributed by atoms with E-state index in [0.29, 0.717) is 16.7 Å². The maximum atomic E-state index is 13.3. The fraction of sp³-hybridized carbons (Fsp3) is 0.287. The van der Waals surface area contributed by atoms with Gasteiger partial charge in [-0.3, -0.25) is 0 Å². The first-order chi connectivity index (χ1) is 66.1. The monoisotopic (exact) mass is 1940 g/mol. The van der Waals surface area contributed by atoms with E-state index in [9.17, 15) is 72.9 Å². The zero-order valence-electron chi connectivity index (χ0n) is 74.3. The molecular formula is C101H100CaO37. The van der Waals surface area contributed by atoms with Crippen LogP contribution < -0.4 is 0 Å². The summed E-state index contributed by atoms with van der Waals surface area (Å²) in [7, 11) is 0. The third-order valence-electron chi connectivity index (χ3n) is 21.7. The van der Waals surface area contributed by atoms with Crippen molar-refractivity contribution in [3.8, 4) is 0 Å². The van der Waals surface area contributed by atoms with Gasteiger partial charge in [-0.15, -0.1) is 0 Å². The van der Waals surface area contributed by atoms with Crippen LogP contribution in [0.5, 0.6) is 0 Å². The van der Waals surface area contributed by atoms with E-state index in [2.05, 4.69) is 9.47 Å². The zero-order chi connectivity index (χ0) is 99.9. The predicted octanol–water partition coefficient (Wildman–Crippen LogP) is 7.21. The van der Waals surface area contributed by atoms with Crippen LogP contribution in [0.3, 0.4) is 0 Å². The van der Waals surface area contributed by atoms with E-state index in [1.165, 1.54) is 45.0 Å². The number of carbonyl (C=O) groups excluding carboxylic acids is 12. The summed E-state index contributed by atoms with van der Waals surface area (Å²) in [5.74, 6) is -11.2. The quantitative estimate of drug-likeness (QED) is 0.0155. The van der Waals surface area contributed by atoms with Crippen molar-refractivity contribution >= 4 is 108 Å². The SMILES string of the molecule is C.C[C@]1(O)C(=O)O[C@H](CO)[C@H]1O.C[C@]1(OC(=O)c2ccccc2)C(=O)O[C@H](COC(=O)c2ccccc2)[C@H]1OC(=O)c1ccccc1.C[C@]1(OC(=O)c2ccccc2)C(O)O[C@H](COC(=O)c2ccccc2)[C@H]1OC(=O)c1ccccc1.C[C@]1(OC(=O)c2ccccc2)C(OC(=O)c2ccccc2)O[C@H](COC(=O)c2ccccc2)[C@H]1OC(=O)c1ccccc1.OCC1(O)OC[C@@H](O)[C@@H](O)[C@@H]1O.[O]=[Ca]. The van der Waals surface area contributed by atoms with Crippen molar-refractivity contribution in [2.45, 2.75) is 143 Å². The summed E-state index contributed by atoms with van der Waals surface area (Å²) in [4.78, 5) is 152. The molecular weight excluding hydrogens is 1850 g/mol. The number of aliphatic hydroxyl groups is 9. The third-order valence-corrected chi connectivity index (χ3v) is 21.7. The van der Waals surface area contributed by atoms with Crippen LogP contribution in [-0.4, -0.2) is 301 Å². The Morgan fingerprint density at radius 2 is 0.612 bits per heavy atom. The molecule has 0 bridgehead atoms. The minimum absolute atomic E-state index is 0. The molecule has 18 atom stereocenters. The van der Waals surface area contributed by atoms with Gasteiger partial charge in [0.2, 0.25) is 23.3 Å². The molecule has 37 nitrogen and oxygen atoms in total. The number of esters is 12. The third kappa shape index (κ3) is 28.1. The molecule has 5 saturated heterocycles. The average Bonchev–Trinajstić information content (AvgIpc) is 1.61. The van der Waals surface area contributed by atoms with Gasteiger partial charge in [0.25, 0.3) is 0 Å². The van der Waals surface area contributed by atoms with E-state index in [4.69, 9.17) is 93.7 Å². The van der Waals surface area contributed by atoms with Crippen LogP contribution in [0, 0.1) is 0 Å². The molecule has 15 rings (SSSR count). The molecule has 5 fully saturated rings.